The number of nitrogens with two attached hydrogens (primary N) is 1. The summed E-state index contributed by atoms with van der Waals surface area (Å²) in [5.74, 6) is 4.80. The number of rotatable bonds is 3. The molecule has 0 aliphatic carbocycles. The van der Waals surface area contributed by atoms with Crippen molar-refractivity contribution in [2.75, 3.05) is 0 Å². The van der Waals surface area contributed by atoms with E-state index in [2.05, 4.69) is 5.43 Å². The molecule has 1 aromatic carbocycles. The minimum absolute atomic E-state index is 0.117. The monoisotopic (exact) mass is 227 g/mol. The Morgan fingerprint density at radius 2 is 2.33 bits per heavy atom. The molecule has 0 aromatic heterocycles. The molecule has 1 rings (SSSR count). The molecular formula is C10H11ClFN3. The van der Waals surface area contributed by atoms with Gasteiger partial charge in [-0.3, -0.25) is 5.84 Å². The Morgan fingerprint density at radius 3 is 2.80 bits per heavy atom. The highest BCUT2D eigenvalue weighted by Gasteiger charge is 2.25. The normalized spacial score (nSPS) is 14.3. The van der Waals surface area contributed by atoms with E-state index in [4.69, 9.17) is 22.7 Å². The summed E-state index contributed by atoms with van der Waals surface area (Å²) in [5.41, 5.74) is 1.62. The molecule has 0 radical (unpaired) electrons. The van der Waals surface area contributed by atoms with Crippen molar-refractivity contribution in [3.8, 4) is 6.07 Å². The maximum atomic E-state index is 13.4. The lowest BCUT2D eigenvalue weighted by molar-refractivity contribution is 0.448. The predicted molar refractivity (Wildman–Crippen MR) is 56.5 cm³/mol. The Morgan fingerprint density at radius 1 is 1.67 bits per heavy atom. The van der Waals surface area contributed by atoms with Gasteiger partial charge >= 0.3 is 0 Å². The zero-order valence-electron chi connectivity index (χ0n) is 8.22. The number of nitriles is 1. The van der Waals surface area contributed by atoms with Gasteiger partial charge in [-0.2, -0.15) is 5.26 Å². The van der Waals surface area contributed by atoms with E-state index in [1.165, 1.54) is 12.1 Å². The van der Waals surface area contributed by atoms with Crippen molar-refractivity contribution in [1.29, 1.82) is 5.26 Å². The second kappa shape index (κ2) is 4.58. The van der Waals surface area contributed by atoms with Crippen LogP contribution in [0, 0.1) is 17.1 Å². The molecule has 5 heteroatoms. The largest absolute Gasteiger partial charge is 0.270 e. The van der Waals surface area contributed by atoms with Crippen LogP contribution in [0.25, 0.3) is 0 Å². The van der Waals surface area contributed by atoms with E-state index in [0.717, 1.165) is 0 Å². The highest BCUT2D eigenvalue weighted by atomic mass is 35.5. The van der Waals surface area contributed by atoms with Gasteiger partial charge in [0.25, 0.3) is 0 Å². The molecule has 1 aromatic rings. The topological polar surface area (TPSA) is 61.8 Å². The summed E-state index contributed by atoms with van der Waals surface area (Å²) in [6.07, 6.45) is 0.117. The van der Waals surface area contributed by atoms with Crippen LogP contribution >= 0.6 is 11.6 Å². The number of halogens is 2. The molecule has 0 saturated heterocycles. The van der Waals surface area contributed by atoms with Crippen molar-refractivity contribution < 1.29 is 4.39 Å². The van der Waals surface area contributed by atoms with Crippen molar-refractivity contribution in [3.63, 3.8) is 0 Å². The summed E-state index contributed by atoms with van der Waals surface area (Å²) in [7, 11) is 0. The van der Waals surface area contributed by atoms with Gasteiger partial charge in [-0.05, 0) is 19.1 Å². The van der Waals surface area contributed by atoms with Crippen LogP contribution in [0.4, 0.5) is 4.39 Å². The third kappa shape index (κ3) is 2.66. The summed E-state index contributed by atoms with van der Waals surface area (Å²) in [6.45, 7) is 1.58. The zero-order chi connectivity index (χ0) is 11.5. The molecule has 0 spiro atoms. The smallest absolute Gasteiger partial charge is 0.127 e. The summed E-state index contributed by atoms with van der Waals surface area (Å²) in [4.78, 5) is 0. The molecule has 0 saturated carbocycles. The Bertz CT molecular complexity index is 382. The Kier molecular flexibility index (Phi) is 3.64. The Balaban J connectivity index is 3.05. The lowest BCUT2D eigenvalue weighted by atomic mass is 9.95. The predicted octanol–water partition coefficient (Wildman–Crippen LogP) is 1.77. The molecular weight excluding hydrogens is 217 g/mol. The summed E-state index contributed by atoms with van der Waals surface area (Å²) in [5, 5.41) is 9.17. The van der Waals surface area contributed by atoms with Crippen LogP contribution in [0.15, 0.2) is 18.2 Å². The second-order valence-electron chi connectivity index (χ2n) is 3.47. The number of benzene rings is 1. The molecule has 80 valence electrons. The molecule has 0 aliphatic heterocycles. The third-order valence-corrected chi connectivity index (χ3v) is 2.51. The Hall–Kier alpha value is -1.15. The lowest BCUT2D eigenvalue weighted by Crippen LogP contribution is -2.47. The number of nitrogens with zero attached hydrogens (tertiary/aromatic N) is 1. The standard InChI is InChI=1S/C10H11ClFN3/c1-10(6-13,15-14)5-7-8(11)3-2-4-9(7)12/h2-4,15H,5,14H2,1H3. The van der Waals surface area contributed by atoms with Crippen molar-refractivity contribution in [2.24, 2.45) is 5.84 Å². The fourth-order valence-corrected chi connectivity index (χ4v) is 1.41. The zero-order valence-corrected chi connectivity index (χ0v) is 8.98. The van der Waals surface area contributed by atoms with Crippen LogP contribution in [0.1, 0.15) is 12.5 Å². The maximum absolute atomic E-state index is 13.4. The number of hydrogen-bond donors (Lipinski definition) is 2. The molecule has 0 bridgehead atoms. The lowest BCUT2D eigenvalue weighted by Gasteiger charge is -2.21. The van der Waals surface area contributed by atoms with Gasteiger partial charge in [-0.15, -0.1) is 0 Å². The van der Waals surface area contributed by atoms with Crippen molar-refractivity contribution in [3.05, 3.63) is 34.6 Å². The van der Waals surface area contributed by atoms with Crippen LogP contribution in [0.2, 0.25) is 5.02 Å². The number of hydrazine groups is 1. The SMILES string of the molecule is CC(C#N)(Cc1c(F)cccc1Cl)NN. The van der Waals surface area contributed by atoms with Crippen LogP contribution < -0.4 is 11.3 Å². The summed E-state index contributed by atoms with van der Waals surface area (Å²) in [6, 6.07) is 6.36. The second-order valence-corrected chi connectivity index (χ2v) is 3.87. The van der Waals surface area contributed by atoms with Gasteiger partial charge in [-0.1, -0.05) is 17.7 Å². The van der Waals surface area contributed by atoms with Gasteiger partial charge in [0.1, 0.15) is 11.4 Å². The first-order valence-electron chi connectivity index (χ1n) is 4.34. The average Bonchev–Trinajstić information content (AvgIpc) is 2.23. The van der Waals surface area contributed by atoms with Crippen LogP contribution in [0.5, 0.6) is 0 Å². The molecule has 3 nitrogen and oxygen atoms in total. The fourth-order valence-electron chi connectivity index (χ4n) is 1.18. The summed E-state index contributed by atoms with van der Waals surface area (Å²) >= 11 is 5.83. The molecule has 15 heavy (non-hydrogen) atoms. The molecule has 0 amide bonds. The Labute approximate surface area is 92.6 Å². The number of hydrogen-bond acceptors (Lipinski definition) is 3. The fraction of sp³-hybridized carbons (Fsp3) is 0.300. The van der Waals surface area contributed by atoms with Gasteiger partial charge in [0.05, 0.1) is 6.07 Å². The van der Waals surface area contributed by atoms with Crippen LogP contribution in [-0.2, 0) is 6.42 Å². The first-order chi connectivity index (χ1) is 7.02. The minimum Gasteiger partial charge on any atom is -0.270 e. The molecule has 0 heterocycles. The van der Waals surface area contributed by atoms with E-state index in [-0.39, 0.29) is 6.42 Å². The highest BCUT2D eigenvalue weighted by molar-refractivity contribution is 6.31. The first kappa shape index (κ1) is 11.9. The van der Waals surface area contributed by atoms with Gasteiger partial charge in [0.15, 0.2) is 0 Å². The molecule has 0 fully saturated rings. The van der Waals surface area contributed by atoms with Crippen molar-refractivity contribution >= 4 is 11.6 Å². The molecule has 1 unspecified atom stereocenters. The van der Waals surface area contributed by atoms with E-state index in [1.807, 2.05) is 6.07 Å². The van der Waals surface area contributed by atoms with Gasteiger partial charge in [-0.25, -0.2) is 9.82 Å². The maximum Gasteiger partial charge on any atom is 0.127 e. The van der Waals surface area contributed by atoms with Crippen LogP contribution in [0.3, 0.4) is 0 Å². The van der Waals surface area contributed by atoms with E-state index in [0.29, 0.717) is 10.6 Å². The van der Waals surface area contributed by atoms with E-state index in [9.17, 15) is 4.39 Å². The van der Waals surface area contributed by atoms with Gasteiger partial charge in [0.2, 0.25) is 0 Å². The van der Waals surface area contributed by atoms with Gasteiger partial charge < -0.3 is 0 Å². The first-order valence-corrected chi connectivity index (χ1v) is 4.72. The number of nitrogens with one attached hydrogen (secondary N) is 1. The van der Waals surface area contributed by atoms with Crippen molar-refractivity contribution in [1.82, 2.24) is 5.43 Å². The van der Waals surface area contributed by atoms with E-state index < -0.39 is 11.4 Å². The quantitative estimate of drug-likeness (QED) is 0.611. The summed E-state index contributed by atoms with van der Waals surface area (Å²) < 4.78 is 13.4. The van der Waals surface area contributed by atoms with Gasteiger partial charge in [0, 0.05) is 17.0 Å². The van der Waals surface area contributed by atoms with E-state index in [1.54, 1.807) is 13.0 Å². The van der Waals surface area contributed by atoms with E-state index >= 15 is 0 Å². The molecule has 0 aliphatic rings. The van der Waals surface area contributed by atoms with Crippen molar-refractivity contribution in [2.45, 2.75) is 18.9 Å². The molecule has 1 atom stereocenters. The minimum atomic E-state index is -1.02. The average molecular weight is 228 g/mol. The third-order valence-electron chi connectivity index (χ3n) is 2.16. The molecule has 3 N–H and O–H groups in total. The highest BCUT2D eigenvalue weighted by Crippen LogP contribution is 2.23. The van der Waals surface area contributed by atoms with Crippen LogP contribution in [-0.4, -0.2) is 5.54 Å².